The van der Waals surface area contributed by atoms with E-state index < -0.39 is 17.7 Å². The van der Waals surface area contributed by atoms with Gasteiger partial charge >= 0.3 is 0 Å². The van der Waals surface area contributed by atoms with E-state index in [2.05, 4.69) is 6.92 Å². The van der Waals surface area contributed by atoms with Gasteiger partial charge in [0.1, 0.15) is 11.6 Å². The highest BCUT2D eigenvalue weighted by Crippen LogP contribution is 2.29. The Morgan fingerprint density at radius 1 is 1.17 bits per heavy atom. The number of aliphatic hydroxyl groups excluding tert-OH is 1. The van der Waals surface area contributed by atoms with Gasteiger partial charge in [-0.15, -0.1) is 0 Å². The molecular formula is C15H22F2O. The maximum atomic E-state index is 13.5. The van der Waals surface area contributed by atoms with Crippen molar-refractivity contribution in [1.29, 1.82) is 0 Å². The number of aliphatic hydroxyl groups is 1. The Kier molecular flexibility index (Phi) is 6.27. The number of unbranched alkanes of at least 4 members (excludes halogenated alkanes) is 1. The largest absolute Gasteiger partial charge is 0.388 e. The summed E-state index contributed by atoms with van der Waals surface area (Å²) in [5, 5.41) is 10.0. The SMILES string of the molecule is CCCCC(CC)CC(O)c1c(F)cccc1F. The molecule has 1 N–H and O–H groups in total. The molecular weight excluding hydrogens is 234 g/mol. The highest BCUT2D eigenvalue weighted by molar-refractivity contribution is 5.22. The Labute approximate surface area is 108 Å². The Hall–Kier alpha value is -0.960. The molecule has 0 bridgehead atoms. The quantitative estimate of drug-likeness (QED) is 0.755. The number of halogens is 2. The van der Waals surface area contributed by atoms with E-state index >= 15 is 0 Å². The van der Waals surface area contributed by atoms with Gasteiger partial charge in [0.2, 0.25) is 0 Å². The third kappa shape index (κ3) is 4.05. The van der Waals surface area contributed by atoms with Crippen LogP contribution in [0, 0.1) is 17.6 Å². The predicted octanol–water partition coefficient (Wildman–Crippen LogP) is 4.60. The standard InChI is InChI=1S/C15H22F2O/c1-3-5-7-11(4-2)10-14(18)15-12(16)8-6-9-13(15)17/h6,8-9,11,14,18H,3-5,7,10H2,1-2H3. The normalized spacial score (nSPS) is 14.5. The van der Waals surface area contributed by atoms with Gasteiger partial charge in [-0.1, -0.05) is 45.6 Å². The average molecular weight is 256 g/mol. The van der Waals surface area contributed by atoms with Gasteiger partial charge in [0, 0.05) is 0 Å². The smallest absolute Gasteiger partial charge is 0.131 e. The minimum atomic E-state index is -1.05. The van der Waals surface area contributed by atoms with Crippen LogP contribution in [0.2, 0.25) is 0 Å². The Balaban J connectivity index is 2.71. The van der Waals surface area contributed by atoms with Crippen molar-refractivity contribution in [3.05, 3.63) is 35.4 Å². The molecule has 2 unspecified atom stereocenters. The maximum Gasteiger partial charge on any atom is 0.131 e. The van der Waals surface area contributed by atoms with E-state index in [1.54, 1.807) is 0 Å². The van der Waals surface area contributed by atoms with Gasteiger partial charge in [-0.3, -0.25) is 0 Å². The summed E-state index contributed by atoms with van der Waals surface area (Å²) in [6, 6.07) is 3.69. The van der Waals surface area contributed by atoms with Crippen LogP contribution in [-0.2, 0) is 0 Å². The molecule has 0 radical (unpaired) electrons. The molecule has 0 spiro atoms. The zero-order valence-electron chi connectivity index (χ0n) is 11.1. The molecule has 0 aliphatic heterocycles. The predicted molar refractivity (Wildman–Crippen MR) is 69.2 cm³/mol. The second kappa shape index (κ2) is 7.47. The van der Waals surface area contributed by atoms with Gasteiger partial charge in [-0.25, -0.2) is 8.78 Å². The van der Waals surface area contributed by atoms with Crippen molar-refractivity contribution in [3.8, 4) is 0 Å². The topological polar surface area (TPSA) is 20.2 Å². The van der Waals surface area contributed by atoms with Crippen LogP contribution in [0.3, 0.4) is 0 Å². The zero-order chi connectivity index (χ0) is 13.5. The molecule has 0 aliphatic rings. The van der Waals surface area contributed by atoms with Crippen molar-refractivity contribution in [2.45, 2.75) is 52.1 Å². The summed E-state index contributed by atoms with van der Waals surface area (Å²) in [6.45, 7) is 4.16. The Morgan fingerprint density at radius 2 is 1.78 bits per heavy atom. The minimum Gasteiger partial charge on any atom is -0.388 e. The lowest BCUT2D eigenvalue weighted by Gasteiger charge is -2.19. The molecule has 0 fully saturated rings. The lowest BCUT2D eigenvalue weighted by atomic mass is 9.90. The van der Waals surface area contributed by atoms with Crippen LogP contribution < -0.4 is 0 Å². The van der Waals surface area contributed by atoms with Crippen molar-refractivity contribution < 1.29 is 13.9 Å². The van der Waals surface area contributed by atoms with E-state index in [0.717, 1.165) is 25.7 Å². The van der Waals surface area contributed by atoms with Crippen molar-refractivity contribution >= 4 is 0 Å². The first-order valence-corrected chi connectivity index (χ1v) is 6.72. The highest BCUT2D eigenvalue weighted by atomic mass is 19.1. The third-order valence-corrected chi connectivity index (χ3v) is 3.43. The molecule has 1 aromatic carbocycles. The molecule has 1 aromatic rings. The Morgan fingerprint density at radius 3 is 2.28 bits per heavy atom. The molecule has 0 saturated carbocycles. The summed E-state index contributed by atoms with van der Waals surface area (Å²) in [7, 11) is 0. The van der Waals surface area contributed by atoms with Gasteiger partial charge in [-0.2, -0.15) is 0 Å². The van der Waals surface area contributed by atoms with Gasteiger partial charge in [0.05, 0.1) is 11.7 Å². The van der Waals surface area contributed by atoms with Crippen LogP contribution in [0.5, 0.6) is 0 Å². The first-order chi connectivity index (χ1) is 8.60. The molecule has 0 aromatic heterocycles. The number of benzene rings is 1. The Bertz CT molecular complexity index is 345. The minimum absolute atomic E-state index is 0.188. The van der Waals surface area contributed by atoms with Crippen LogP contribution in [0.4, 0.5) is 8.78 Å². The monoisotopic (exact) mass is 256 g/mol. The first-order valence-electron chi connectivity index (χ1n) is 6.72. The molecule has 2 atom stereocenters. The third-order valence-electron chi connectivity index (χ3n) is 3.43. The second-order valence-electron chi connectivity index (χ2n) is 4.80. The van der Waals surface area contributed by atoms with E-state index in [4.69, 9.17) is 0 Å². The molecule has 18 heavy (non-hydrogen) atoms. The molecule has 0 saturated heterocycles. The van der Waals surface area contributed by atoms with E-state index in [9.17, 15) is 13.9 Å². The van der Waals surface area contributed by atoms with Crippen LogP contribution in [0.1, 0.15) is 57.6 Å². The average Bonchev–Trinajstić information content (AvgIpc) is 2.34. The van der Waals surface area contributed by atoms with E-state index in [1.807, 2.05) is 6.92 Å². The fourth-order valence-corrected chi connectivity index (χ4v) is 2.24. The van der Waals surface area contributed by atoms with Gasteiger partial charge in [0.15, 0.2) is 0 Å². The lowest BCUT2D eigenvalue weighted by molar-refractivity contribution is 0.131. The van der Waals surface area contributed by atoms with Crippen LogP contribution >= 0.6 is 0 Å². The van der Waals surface area contributed by atoms with Gasteiger partial charge in [-0.05, 0) is 24.5 Å². The highest BCUT2D eigenvalue weighted by Gasteiger charge is 2.20. The summed E-state index contributed by atoms with van der Waals surface area (Å²) in [5.41, 5.74) is -0.188. The molecule has 1 rings (SSSR count). The molecule has 0 heterocycles. The zero-order valence-corrected chi connectivity index (χ0v) is 11.1. The van der Waals surface area contributed by atoms with Gasteiger partial charge in [0.25, 0.3) is 0 Å². The van der Waals surface area contributed by atoms with Crippen molar-refractivity contribution in [1.82, 2.24) is 0 Å². The molecule has 102 valence electrons. The summed E-state index contributed by atoms with van der Waals surface area (Å²) >= 11 is 0. The fourth-order valence-electron chi connectivity index (χ4n) is 2.24. The van der Waals surface area contributed by atoms with Crippen molar-refractivity contribution in [2.24, 2.45) is 5.92 Å². The summed E-state index contributed by atoms with van der Waals surface area (Å²) in [4.78, 5) is 0. The summed E-state index contributed by atoms with van der Waals surface area (Å²) in [6.07, 6.45) is 3.49. The molecule has 0 aliphatic carbocycles. The number of hydrogen-bond donors (Lipinski definition) is 1. The van der Waals surface area contributed by atoms with Crippen LogP contribution in [0.25, 0.3) is 0 Å². The summed E-state index contributed by atoms with van der Waals surface area (Å²) in [5.74, 6) is -1.00. The molecule has 3 heteroatoms. The lowest BCUT2D eigenvalue weighted by Crippen LogP contribution is -2.10. The van der Waals surface area contributed by atoms with Crippen LogP contribution in [0.15, 0.2) is 18.2 Å². The van der Waals surface area contributed by atoms with Crippen LogP contribution in [-0.4, -0.2) is 5.11 Å². The molecule has 1 nitrogen and oxygen atoms in total. The van der Waals surface area contributed by atoms with Crippen molar-refractivity contribution in [3.63, 3.8) is 0 Å². The second-order valence-corrected chi connectivity index (χ2v) is 4.80. The molecule has 0 amide bonds. The van der Waals surface area contributed by atoms with Crippen molar-refractivity contribution in [2.75, 3.05) is 0 Å². The summed E-state index contributed by atoms with van der Waals surface area (Å²) < 4.78 is 27.0. The van der Waals surface area contributed by atoms with E-state index in [0.29, 0.717) is 12.3 Å². The van der Waals surface area contributed by atoms with E-state index in [-0.39, 0.29) is 5.56 Å². The maximum absolute atomic E-state index is 13.5. The number of rotatable bonds is 7. The fraction of sp³-hybridized carbons (Fsp3) is 0.600. The first kappa shape index (κ1) is 15.1. The number of hydrogen-bond acceptors (Lipinski definition) is 1. The van der Waals surface area contributed by atoms with E-state index in [1.165, 1.54) is 18.2 Å². The van der Waals surface area contributed by atoms with Gasteiger partial charge < -0.3 is 5.11 Å².